The molecule has 0 aromatic carbocycles. The standard InChI is InChI=1S/C16H25N3/c1-13-7-9-18-16(2,15-5-6-15)12-19(13)11-14-4-3-8-17-10-14/h3-4,8,10,13,15,18H,5-7,9,11-12H2,1-2H3. The van der Waals surface area contributed by atoms with E-state index in [9.17, 15) is 0 Å². The maximum absolute atomic E-state index is 4.24. The minimum absolute atomic E-state index is 0.312. The Morgan fingerprint density at radius 3 is 2.95 bits per heavy atom. The van der Waals surface area contributed by atoms with Gasteiger partial charge in [0.1, 0.15) is 0 Å². The molecule has 3 nitrogen and oxygen atoms in total. The molecule has 1 aliphatic carbocycles. The Labute approximate surface area is 116 Å². The number of hydrogen-bond acceptors (Lipinski definition) is 3. The van der Waals surface area contributed by atoms with Crippen molar-refractivity contribution in [1.29, 1.82) is 0 Å². The molecule has 1 N–H and O–H groups in total. The van der Waals surface area contributed by atoms with E-state index in [0.717, 1.165) is 25.6 Å². The Balaban J connectivity index is 1.73. The summed E-state index contributed by atoms with van der Waals surface area (Å²) in [5, 5.41) is 3.81. The van der Waals surface area contributed by atoms with Crippen LogP contribution in [0.1, 0.15) is 38.7 Å². The first-order valence-corrected chi connectivity index (χ1v) is 7.55. The predicted molar refractivity (Wildman–Crippen MR) is 77.9 cm³/mol. The second-order valence-corrected chi connectivity index (χ2v) is 6.52. The topological polar surface area (TPSA) is 28.2 Å². The fraction of sp³-hybridized carbons (Fsp3) is 0.688. The smallest absolute Gasteiger partial charge is 0.0312 e. The van der Waals surface area contributed by atoms with Gasteiger partial charge in [-0.05, 0) is 57.2 Å². The van der Waals surface area contributed by atoms with E-state index in [1.165, 1.54) is 24.8 Å². The number of nitrogens with one attached hydrogen (secondary N) is 1. The van der Waals surface area contributed by atoms with Gasteiger partial charge in [0.25, 0.3) is 0 Å². The Morgan fingerprint density at radius 1 is 1.42 bits per heavy atom. The fourth-order valence-electron chi connectivity index (χ4n) is 3.31. The first kappa shape index (κ1) is 13.1. The summed E-state index contributed by atoms with van der Waals surface area (Å²) in [6.07, 6.45) is 7.89. The van der Waals surface area contributed by atoms with Crippen LogP contribution in [0.15, 0.2) is 24.5 Å². The molecular formula is C16H25N3. The van der Waals surface area contributed by atoms with Crippen molar-refractivity contribution in [2.24, 2.45) is 5.92 Å². The van der Waals surface area contributed by atoms with Crippen LogP contribution in [0.4, 0.5) is 0 Å². The lowest BCUT2D eigenvalue weighted by Gasteiger charge is -2.35. The van der Waals surface area contributed by atoms with E-state index in [2.05, 4.69) is 35.1 Å². The molecule has 3 rings (SSSR count). The number of nitrogens with zero attached hydrogens (tertiary/aromatic N) is 2. The molecule has 1 aromatic heterocycles. The van der Waals surface area contributed by atoms with Gasteiger partial charge in [-0.15, -0.1) is 0 Å². The van der Waals surface area contributed by atoms with Gasteiger partial charge in [0.15, 0.2) is 0 Å². The SMILES string of the molecule is CC1CCNC(C)(C2CC2)CN1Cc1cccnc1. The van der Waals surface area contributed by atoms with Gasteiger partial charge in [-0.2, -0.15) is 0 Å². The van der Waals surface area contributed by atoms with E-state index in [1.807, 2.05) is 18.5 Å². The highest BCUT2D eigenvalue weighted by molar-refractivity contribution is 5.10. The minimum Gasteiger partial charge on any atom is -0.310 e. The molecule has 2 heterocycles. The van der Waals surface area contributed by atoms with Crippen molar-refractivity contribution in [2.45, 2.75) is 51.2 Å². The molecule has 2 atom stereocenters. The van der Waals surface area contributed by atoms with Crippen LogP contribution in [0.3, 0.4) is 0 Å². The second-order valence-electron chi connectivity index (χ2n) is 6.52. The zero-order chi connectivity index (χ0) is 13.3. The summed E-state index contributed by atoms with van der Waals surface area (Å²) in [5.74, 6) is 0.884. The van der Waals surface area contributed by atoms with Crippen molar-refractivity contribution in [3.8, 4) is 0 Å². The quantitative estimate of drug-likeness (QED) is 0.903. The molecular weight excluding hydrogens is 234 g/mol. The van der Waals surface area contributed by atoms with E-state index in [0.29, 0.717) is 11.6 Å². The van der Waals surface area contributed by atoms with Crippen LogP contribution in [0.2, 0.25) is 0 Å². The summed E-state index contributed by atoms with van der Waals surface area (Å²) in [6.45, 7) is 8.11. The summed E-state index contributed by atoms with van der Waals surface area (Å²) in [7, 11) is 0. The van der Waals surface area contributed by atoms with Gasteiger partial charge in [-0.1, -0.05) is 6.07 Å². The van der Waals surface area contributed by atoms with Crippen LogP contribution < -0.4 is 5.32 Å². The van der Waals surface area contributed by atoms with Crippen molar-refractivity contribution in [1.82, 2.24) is 15.2 Å². The van der Waals surface area contributed by atoms with E-state index in [1.54, 1.807) is 0 Å². The third-order valence-electron chi connectivity index (χ3n) is 4.83. The van der Waals surface area contributed by atoms with Gasteiger partial charge in [-0.3, -0.25) is 9.88 Å². The minimum atomic E-state index is 0.312. The van der Waals surface area contributed by atoms with Crippen LogP contribution in [-0.4, -0.2) is 34.6 Å². The van der Waals surface area contributed by atoms with Gasteiger partial charge >= 0.3 is 0 Å². The summed E-state index contributed by atoms with van der Waals surface area (Å²) < 4.78 is 0. The number of pyridine rings is 1. The number of rotatable bonds is 3. The number of hydrogen-bond donors (Lipinski definition) is 1. The largest absolute Gasteiger partial charge is 0.310 e. The average molecular weight is 259 g/mol. The molecule has 2 aliphatic rings. The zero-order valence-corrected chi connectivity index (χ0v) is 12.1. The molecule has 2 fully saturated rings. The zero-order valence-electron chi connectivity index (χ0n) is 12.1. The summed E-state index contributed by atoms with van der Waals surface area (Å²) in [4.78, 5) is 6.87. The monoisotopic (exact) mass is 259 g/mol. The summed E-state index contributed by atoms with van der Waals surface area (Å²) >= 11 is 0. The molecule has 0 amide bonds. The molecule has 0 bridgehead atoms. The highest BCUT2D eigenvalue weighted by atomic mass is 15.2. The Morgan fingerprint density at radius 2 is 2.26 bits per heavy atom. The van der Waals surface area contributed by atoms with Crippen LogP contribution in [-0.2, 0) is 6.54 Å². The fourth-order valence-corrected chi connectivity index (χ4v) is 3.31. The Bertz CT molecular complexity index is 415. The molecule has 0 radical (unpaired) electrons. The van der Waals surface area contributed by atoms with Gasteiger partial charge in [-0.25, -0.2) is 0 Å². The summed E-state index contributed by atoms with van der Waals surface area (Å²) in [5.41, 5.74) is 1.64. The van der Waals surface area contributed by atoms with Crippen molar-refractivity contribution in [2.75, 3.05) is 13.1 Å². The van der Waals surface area contributed by atoms with Crippen molar-refractivity contribution in [3.63, 3.8) is 0 Å². The third kappa shape index (κ3) is 2.98. The first-order valence-electron chi connectivity index (χ1n) is 7.55. The van der Waals surface area contributed by atoms with Crippen molar-refractivity contribution >= 4 is 0 Å². The molecule has 1 saturated carbocycles. The Hall–Kier alpha value is -0.930. The third-order valence-corrected chi connectivity index (χ3v) is 4.83. The molecule has 1 saturated heterocycles. The van der Waals surface area contributed by atoms with E-state index in [4.69, 9.17) is 0 Å². The maximum atomic E-state index is 4.24. The normalized spacial score (nSPS) is 33.1. The highest BCUT2D eigenvalue weighted by Crippen LogP contribution is 2.41. The lowest BCUT2D eigenvalue weighted by atomic mass is 9.95. The molecule has 0 spiro atoms. The summed E-state index contributed by atoms with van der Waals surface area (Å²) in [6, 6.07) is 4.87. The van der Waals surface area contributed by atoms with Crippen LogP contribution in [0.5, 0.6) is 0 Å². The van der Waals surface area contributed by atoms with Gasteiger partial charge < -0.3 is 5.32 Å². The van der Waals surface area contributed by atoms with Crippen LogP contribution >= 0.6 is 0 Å². The number of aromatic nitrogens is 1. The molecule has 1 aromatic rings. The van der Waals surface area contributed by atoms with Crippen molar-refractivity contribution in [3.05, 3.63) is 30.1 Å². The van der Waals surface area contributed by atoms with Gasteiger partial charge in [0.2, 0.25) is 0 Å². The predicted octanol–water partition coefficient (Wildman–Crippen LogP) is 2.43. The lowest BCUT2D eigenvalue weighted by molar-refractivity contribution is 0.154. The molecule has 3 heteroatoms. The van der Waals surface area contributed by atoms with E-state index in [-0.39, 0.29) is 0 Å². The maximum Gasteiger partial charge on any atom is 0.0312 e. The first-order chi connectivity index (χ1) is 9.17. The lowest BCUT2D eigenvalue weighted by Crippen LogP contribution is -2.51. The van der Waals surface area contributed by atoms with Gasteiger partial charge in [0, 0.05) is 37.1 Å². The van der Waals surface area contributed by atoms with Crippen LogP contribution in [0.25, 0.3) is 0 Å². The van der Waals surface area contributed by atoms with Gasteiger partial charge in [0.05, 0.1) is 0 Å². The highest BCUT2D eigenvalue weighted by Gasteiger charge is 2.43. The van der Waals surface area contributed by atoms with Crippen LogP contribution in [0, 0.1) is 5.92 Å². The van der Waals surface area contributed by atoms with E-state index >= 15 is 0 Å². The average Bonchev–Trinajstić information content (AvgIpc) is 3.23. The molecule has 2 unspecified atom stereocenters. The second kappa shape index (κ2) is 5.22. The molecule has 104 valence electrons. The molecule has 19 heavy (non-hydrogen) atoms. The van der Waals surface area contributed by atoms with E-state index < -0.39 is 0 Å². The molecule has 1 aliphatic heterocycles. The Kier molecular flexibility index (Phi) is 3.59. The van der Waals surface area contributed by atoms with Crippen molar-refractivity contribution < 1.29 is 0 Å².